The van der Waals surface area contributed by atoms with Gasteiger partial charge in [-0.05, 0) is 19.1 Å². The molecule has 0 fully saturated rings. The minimum Gasteiger partial charge on any atom is -0.462 e. The Hall–Kier alpha value is -1.96. The number of nitrogens with zero attached hydrogens (tertiary/aromatic N) is 3. The van der Waals surface area contributed by atoms with Crippen LogP contribution in [0, 0.1) is 10.8 Å². The number of carbonyl (C=O) groups excluding carboxylic acids is 1. The number of carbonyl (C=O) groups is 1. The van der Waals surface area contributed by atoms with E-state index in [9.17, 15) is 4.79 Å². The predicted octanol–water partition coefficient (Wildman–Crippen LogP) is 1.29. The van der Waals surface area contributed by atoms with E-state index in [1.54, 1.807) is 25.3 Å². The SMILES string of the molecule is CCOC(=O)c1cccnc1.N#N. The summed E-state index contributed by atoms with van der Waals surface area (Å²) in [6.07, 6.45) is 3.10. The molecule has 68 valence electrons. The van der Waals surface area contributed by atoms with E-state index in [0.29, 0.717) is 12.2 Å². The lowest BCUT2D eigenvalue weighted by Crippen LogP contribution is -2.04. The van der Waals surface area contributed by atoms with Crippen LogP contribution in [-0.4, -0.2) is 17.6 Å². The van der Waals surface area contributed by atoms with Gasteiger partial charge in [0.25, 0.3) is 0 Å². The molecule has 0 aromatic carbocycles. The molecule has 5 heteroatoms. The van der Waals surface area contributed by atoms with Crippen molar-refractivity contribution in [3.05, 3.63) is 30.1 Å². The second-order valence-corrected chi connectivity index (χ2v) is 1.96. The molecule has 0 aliphatic rings. The molecule has 0 unspecified atom stereocenters. The Morgan fingerprint density at radius 2 is 2.31 bits per heavy atom. The molecule has 5 nitrogen and oxygen atoms in total. The lowest BCUT2D eigenvalue weighted by Gasteiger charge is -1.98. The topological polar surface area (TPSA) is 86.8 Å². The van der Waals surface area contributed by atoms with Gasteiger partial charge in [0.15, 0.2) is 0 Å². The minimum atomic E-state index is -0.319. The number of rotatable bonds is 2. The van der Waals surface area contributed by atoms with Gasteiger partial charge in [-0.2, -0.15) is 0 Å². The fourth-order valence-corrected chi connectivity index (χ4v) is 0.698. The maximum Gasteiger partial charge on any atom is 0.339 e. The van der Waals surface area contributed by atoms with Gasteiger partial charge in [-0.15, -0.1) is 0 Å². The summed E-state index contributed by atoms with van der Waals surface area (Å²) >= 11 is 0. The maximum absolute atomic E-state index is 11.0. The molecule has 1 heterocycles. The summed E-state index contributed by atoms with van der Waals surface area (Å²) in [7, 11) is 0. The van der Waals surface area contributed by atoms with E-state index in [4.69, 9.17) is 15.5 Å². The highest BCUT2D eigenvalue weighted by atomic mass is 16.5. The van der Waals surface area contributed by atoms with Crippen LogP contribution < -0.4 is 0 Å². The number of ether oxygens (including phenoxy) is 1. The summed E-state index contributed by atoms with van der Waals surface area (Å²) in [5.41, 5.74) is 0.495. The van der Waals surface area contributed by atoms with Crippen molar-refractivity contribution in [2.24, 2.45) is 0 Å². The van der Waals surface area contributed by atoms with E-state index in [0.717, 1.165) is 0 Å². The molecule has 1 rings (SSSR count). The van der Waals surface area contributed by atoms with Crippen molar-refractivity contribution in [1.29, 1.82) is 10.8 Å². The standard InChI is InChI=1S/C8H9NO2.N2/c1-2-11-8(10)7-4-3-5-9-6-7;1-2/h3-6H,2H2,1H3;. The van der Waals surface area contributed by atoms with E-state index >= 15 is 0 Å². The van der Waals surface area contributed by atoms with E-state index in [-0.39, 0.29) is 5.97 Å². The molecule has 0 N–H and O–H groups in total. The van der Waals surface area contributed by atoms with Gasteiger partial charge in [-0.25, -0.2) is 4.79 Å². The Bertz CT molecular complexity index is 271. The van der Waals surface area contributed by atoms with Gasteiger partial charge in [0.1, 0.15) is 0 Å². The van der Waals surface area contributed by atoms with Crippen molar-refractivity contribution < 1.29 is 9.53 Å². The van der Waals surface area contributed by atoms with Crippen molar-refractivity contribution in [2.45, 2.75) is 6.92 Å². The fourth-order valence-electron chi connectivity index (χ4n) is 0.698. The lowest BCUT2D eigenvalue weighted by molar-refractivity contribution is 0.0526. The van der Waals surface area contributed by atoms with Crippen LogP contribution in [0.15, 0.2) is 24.5 Å². The molecule has 0 bridgehead atoms. The van der Waals surface area contributed by atoms with Gasteiger partial charge in [-0.3, -0.25) is 4.98 Å². The summed E-state index contributed by atoms with van der Waals surface area (Å²) in [4.78, 5) is 14.8. The van der Waals surface area contributed by atoms with Crippen LogP contribution in [0.5, 0.6) is 0 Å². The second-order valence-electron chi connectivity index (χ2n) is 1.96. The normalized spacial score (nSPS) is 7.92. The van der Waals surface area contributed by atoms with Gasteiger partial charge in [-0.1, -0.05) is 0 Å². The van der Waals surface area contributed by atoms with Gasteiger partial charge in [0, 0.05) is 23.2 Å². The number of hydrogen-bond acceptors (Lipinski definition) is 5. The Kier molecular flexibility index (Phi) is 5.72. The molecule has 0 saturated carbocycles. The highest BCUT2D eigenvalue weighted by Gasteiger charge is 2.03. The van der Waals surface area contributed by atoms with Crippen LogP contribution in [-0.2, 0) is 4.74 Å². The van der Waals surface area contributed by atoms with E-state index in [1.807, 2.05) is 0 Å². The largest absolute Gasteiger partial charge is 0.462 e. The zero-order valence-corrected chi connectivity index (χ0v) is 7.17. The van der Waals surface area contributed by atoms with E-state index in [1.165, 1.54) is 6.20 Å². The van der Waals surface area contributed by atoms with Crippen molar-refractivity contribution in [1.82, 2.24) is 4.98 Å². The molecule has 0 aliphatic heterocycles. The molecule has 1 aromatic heterocycles. The van der Waals surface area contributed by atoms with Crippen molar-refractivity contribution >= 4 is 5.97 Å². The highest BCUT2D eigenvalue weighted by molar-refractivity contribution is 5.88. The van der Waals surface area contributed by atoms with Crippen LogP contribution in [0.1, 0.15) is 17.3 Å². The minimum absolute atomic E-state index is 0.319. The molecule has 13 heavy (non-hydrogen) atoms. The van der Waals surface area contributed by atoms with Crippen LogP contribution in [0.3, 0.4) is 0 Å². The summed E-state index contributed by atoms with van der Waals surface area (Å²) < 4.78 is 4.75. The summed E-state index contributed by atoms with van der Waals surface area (Å²) in [6.45, 7) is 2.17. The van der Waals surface area contributed by atoms with Crippen molar-refractivity contribution in [3.63, 3.8) is 0 Å². The van der Waals surface area contributed by atoms with Crippen molar-refractivity contribution in [3.8, 4) is 0 Å². The Morgan fingerprint density at radius 3 is 2.77 bits per heavy atom. The third-order valence-corrected chi connectivity index (χ3v) is 1.17. The zero-order valence-electron chi connectivity index (χ0n) is 7.17. The quantitative estimate of drug-likeness (QED) is 0.504. The maximum atomic E-state index is 11.0. The van der Waals surface area contributed by atoms with Gasteiger partial charge < -0.3 is 4.74 Å². The summed E-state index contributed by atoms with van der Waals surface area (Å²) in [5.74, 6) is -0.319. The third kappa shape index (κ3) is 3.82. The number of hydrogen-bond donors (Lipinski definition) is 0. The smallest absolute Gasteiger partial charge is 0.339 e. The third-order valence-electron chi connectivity index (χ3n) is 1.17. The Balaban J connectivity index is 0.000000671. The highest BCUT2D eigenvalue weighted by Crippen LogP contribution is 1.97. The number of pyridine rings is 1. The molecule has 0 aliphatic carbocycles. The van der Waals surface area contributed by atoms with Crippen LogP contribution in [0.2, 0.25) is 0 Å². The number of aromatic nitrogens is 1. The van der Waals surface area contributed by atoms with Gasteiger partial charge >= 0.3 is 5.97 Å². The lowest BCUT2D eigenvalue weighted by atomic mass is 10.3. The van der Waals surface area contributed by atoms with Crippen molar-refractivity contribution in [2.75, 3.05) is 6.61 Å². The Labute approximate surface area is 75.8 Å². The molecule has 0 saturated heterocycles. The zero-order chi connectivity index (χ0) is 10.1. The summed E-state index contributed by atoms with van der Waals surface area (Å²) in [6, 6.07) is 3.37. The number of esters is 1. The Morgan fingerprint density at radius 1 is 1.62 bits per heavy atom. The van der Waals surface area contributed by atoms with Crippen LogP contribution in [0.4, 0.5) is 0 Å². The summed E-state index contributed by atoms with van der Waals surface area (Å²) in [5, 5.41) is 12.0. The molecule has 0 atom stereocenters. The fraction of sp³-hybridized carbons (Fsp3) is 0.250. The molecule has 0 amide bonds. The second kappa shape index (κ2) is 6.73. The predicted molar refractivity (Wildman–Crippen MR) is 43.6 cm³/mol. The van der Waals surface area contributed by atoms with Crippen LogP contribution in [0.25, 0.3) is 0 Å². The first-order valence-corrected chi connectivity index (χ1v) is 3.61. The van der Waals surface area contributed by atoms with E-state index < -0.39 is 0 Å². The molecule has 0 radical (unpaired) electrons. The average molecular weight is 179 g/mol. The van der Waals surface area contributed by atoms with Crippen LogP contribution >= 0.6 is 0 Å². The first-order valence-electron chi connectivity index (χ1n) is 3.61. The first kappa shape index (κ1) is 11.0. The molecular formula is C8H9N3O2. The average Bonchev–Trinajstić information content (AvgIpc) is 2.23. The molecule has 1 aromatic rings. The van der Waals surface area contributed by atoms with E-state index in [2.05, 4.69) is 4.98 Å². The first-order chi connectivity index (χ1) is 6.34. The monoisotopic (exact) mass is 179 g/mol. The molecule has 0 spiro atoms. The molecular weight excluding hydrogens is 170 g/mol. The van der Waals surface area contributed by atoms with Gasteiger partial charge in [0.05, 0.1) is 12.2 Å². The van der Waals surface area contributed by atoms with Gasteiger partial charge in [0.2, 0.25) is 0 Å².